The van der Waals surface area contributed by atoms with Crippen LogP contribution in [0.4, 0.5) is 15.8 Å². The van der Waals surface area contributed by atoms with E-state index < -0.39 is 10.7 Å². The van der Waals surface area contributed by atoms with Crippen molar-refractivity contribution >= 4 is 29.0 Å². The second-order valence-electron chi connectivity index (χ2n) is 6.11. The summed E-state index contributed by atoms with van der Waals surface area (Å²) in [6.45, 7) is 1.63. The van der Waals surface area contributed by atoms with E-state index in [9.17, 15) is 19.3 Å². The zero-order chi connectivity index (χ0) is 21.7. The highest BCUT2D eigenvalue weighted by atomic mass is 32.2. The molecular formula is C18H17FN6O4S. The van der Waals surface area contributed by atoms with Crippen LogP contribution < -0.4 is 10.1 Å². The molecule has 3 aromatic rings. The maximum Gasteiger partial charge on any atom is 0.311 e. The number of tetrazole rings is 1. The number of anilines is 1. The van der Waals surface area contributed by atoms with Gasteiger partial charge in [0, 0.05) is 17.5 Å². The van der Waals surface area contributed by atoms with Crippen LogP contribution in [0.15, 0.2) is 36.4 Å². The number of nitrogens with zero attached hydrogens (tertiary/aromatic N) is 5. The average molecular weight is 432 g/mol. The molecule has 0 fully saturated rings. The molecule has 1 amide bonds. The Labute approximate surface area is 174 Å². The van der Waals surface area contributed by atoms with Gasteiger partial charge in [-0.2, -0.15) is 4.68 Å². The number of thioether (sulfide) groups is 1. The topological polar surface area (TPSA) is 125 Å². The summed E-state index contributed by atoms with van der Waals surface area (Å²) in [4.78, 5) is 22.8. The number of methoxy groups -OCH3 is 1. The first-order valence-corrected chi connectivity index (χ1v) is 9.78. The maximum absolute atomic E-state index is 14.1. The number of hydrogen-bond acceptors (Lipinski definition) is 8. The van der Waals surface area contributed by atoms with E-state index in [1.165, 1.54) is 53.9 Å². The quantitative estimate of drug-likeness (QED) is 0.425. The summed E-state index contributed by atoms with van der Waals surface area (Å²) in [7, 11) is 1.36. The highest BCUT2D eigenvalue weighted by Gasteiger charge is 2.16. The van der Waals surface area contributed by atoms with E-state index in [0.717, 1.165) is 0 Å². The first-order valence-electron chi connectivity index (χ1n) is 8.63. The van der Waals surface area contributed by atoms with Gasteiger partial charge in [-0.05, 0) is 47.2 Å². The first-order chi connectivity index (χ1) is 14.4. The van der Waals surface area contributed by atoms with E-state index >= 15 is 0 Å². The largest absolute Gasteiger partial charge is 0.490 e. The number of nitrogens with one attached hydrogen (secondary N) is 1. The summed E-state index contributed by atoms with van der Waals surface area (Å²) in [5.41, 5.74) is 1.08. The smallest absolute Gasteiger partial charge is 0.311 e. The highest BCUT2D eigenvalue weighted by molar-refractivity contribution is 7.99. The molecule has 12 heteroatoms. The number of carbonyl (C=O) groups excluding carboxylic acids is 1. The summed E-state index contributed by atoms with van der Waals surface area (Å²) in [6.07, 6.45) is 0. The van der Waals surface area contributed by atoms with Crippen molar-refractivity contribution in [1.29, 1.82) is 0 Å². The minimum atomic E-state index is -0.529. The third-order valence-corrected chi connectivity index (χ3v) is 5.03. The van der Waals surface area contributed by atoms with Crippen molar-refractivity contribution in [2.45, 2.75) is 12.7 Å². The standard InChI is InChI=1S/C18H17FN6O4S/c1-11-21-22-23-24(11)15-8-13(4-5-14(15)19)20-18(26)10-30-9-12-3-6-17(29-2)16(7-12)25(27)28/h3-8H,9-10H2,1-2H3,(H,20,26). The Morgan fingerprint density at radius 3 is 2.80 bits per heavy atom. The molecule has 0 unspecified atom stereocenters. The summed E-state index contributed by atoms with van der Waals surface area (Å²) in [5.74, 6) is 0.263. The molecule has 1 heterocycles. The molecule has 0 aliphatic carbocycles. The van der Waals surface area contributed by atoms with Gasteiger partial charge in [-0.1, -0.05) is 6.07 Å². The van der Waals surface area contributed by atoms with Crippen LogP contribution in [-0.2, 0) is 10.5 Å². The summed E-state index contributed by atoms with van der Waals surface area (Å²) < 4.78 is 20.3. The van der Waals surface area contributed by atoms with Crippen molar-refractivity contribution in [2.24, 2.45) is 0 Å². The van der Waals surface area contributed by atoms with Gasteiger partial charge in [-0.3, -0.25) is 14.9 Å². The van der Waals surface area contributed by atoms with Crippen molar-refractivity contribution in [3.63, 3.8) is 0 Å². The third-order valence-electron chi connectivity index (χ3n) is 4.03. The van der Waals surface area contributed by atoms with E-state index in [2.05, 4.69) is 20.8 Å². The van der Waals surface area contributed by atoms with E-state index in [1.54, 1.807) is 13.0 Å². The molecule has 3 rings (SSSR count). The Bertz CT molecular complexity index is 1090. The molecule has 0 bridgehead atoms. The van der Waals surface area contributed by atoms with Gasteiger partial charge in [0.2, 0.25) is 5.91 Å². The van der Waals surface area contributed by atoms with E-state index in [4.69, 9.17) is 4.74 Å². The summed E-state index contributed by atoms with van der Waals surface area (Å²) in [5, 5.41) is 24.7. The van der Waals surface area contributed by atoms with Crippen LogP contribution in [0.2, 0.25) is 0 Å². The number of carbonyl (C=O) groups is 1. The predicted octanol–water partition coefficient (Wildman–Crippen LogP) is 2.90. The second kappa shape index (κ2) is 9.31. The second-order valence-corrected chi connectivity index (χ2v) is 7.09. The number of rotatable bonds is 8. The number of halogens is 1. The van der Waals surface area contributed by atoms with Crippen molar-refractivity contribution in [3.05, 3.63) is 63.7 Å². The molecule has 1 N–H and O–H groups in total. The molecule has 1 aromatic heterocycles. The molecule has 156 valence electrons. The molecule has 0 spiro atoms. The van der Waals surface area contributed by atoms with Crippen LogP contribution in [0.1, 0.15) is 11.4 Å². The number of ether oxygens (including phenoxy) is 1. The van der Waals surface area contributed by atoms with Crippen molar-refractivity contribution < 1.29 is 18.8 Å². The number of aromatic nitrogens is 4. The van der Waals surface area contributed by atoms with E-state index in [1.807, 2.05) is 0 Å². The van der Waals surface area contributed by atoms with Crippen LogP contribution in [-0.4, -0.2) is 43.9 Å². The van der Waals surface area contributed by atoms with Gasteiger partial charge in [0.15, 0.2) is 11.6 Å². The average Bonchev–Trinajstić information content (AvgIpc) is 3.15. The Morgan fingerprint density at radius 2 is 2.13 bits per heavy atom. The Kier molecular flexibility index (Phi) is 6.57. The molecule has 2 aromatic carbocycles. The van der Waals surface area contributed by atoms with Crippen LogP contribution in [0.3, 0.4) is 0 Å². The fourth-order valence-corrected chi connectivity index (χ4v) is 3.41. The predicted molar refractivity (Wildman–Crippen MR) is 108 cm³/mol. The summed E-state index contributed by atoms with van der Waals surface area (Å²) in [6, 6.07) is 8.74. The Morgan fingerprint density at radius 1 is 1.33 bits per heavy atom. The summed E-state index contributed by atoms with van der Waals surface area (Å²) >= 11 is 1.29. The first kappa shape index (κ1) is 21.2. The number of benzene rings is 2. The lowest BCUT2D eigenvalue weighted by atomic mass is 10.2. The molecule has 0 aliphatic rings. The lowest BCUT2D eigenvalue weighted by Crippen LogP contribution is -2.15. The van der Waals surface area contributed by atoms with E-state index in [0.29, 0.717) is 22.8 Å². The maximum atomic E-state index is 14.1. The Hall–Kier alpha value is -3.54. The van der Waals surface area contributed by atoms with E-state index in [-0.39, 0.29) is 28.8 Å². The van der Waals surface area contributed by atoms with Crippen LogP contribution in [0, 0.1) is 22.9 Å². The van der Waals surface area contributed by atoms with Crippen LogP contribution in [0.25, 0.3) is 5.69 Å². The fraction of sp³-hybridized carbons (Fsp3) is 0.222. The van der Waals surface area contributed by atoms with Crippen LogP contribution >= 0.6 is 11.8 Å². The number of hydrogen-bond donors (Lipinski definition) is 1. The number of amides is 1. The molecule has 0 saturated heterocycles. The molecule has 10 nitrogen and oxygen atoms in total. The van der Waals surface area contributed by atoms with Crippen molar-refractivity contribution in [3.8, 4) is 11.4 Å². The zero-order valence-electron chi connectivity index (χ0n) is 16.0. The fourth-order valence-electron chi connectivity index (χ4n) is 2.63. The molecule has 0 radical (unpaired) electrons. The lowest BCUT2D eigenvalue weighted by molar-refractivity contribution is -0.385. The Balaban J connectivity index is 1.60. The van der Waals surface area contributed by atoms with Crippen LogP contribution in [0.5, 0.6) is 5.75 Å². The monoisotopic (exact) mass is 432 g/mol. The minimum Gasteiger partial charge on any atom is -0.490 e. The SMILES string of the molecule is COc1ccc(CSCC(=O)Nc2ccc(F)c(-n3nnnc3C)c2)cc1[N+](=O)[O-]. The molecular weight excluding hydrogens is 415 g/mol. The van der Waals surface area contributed by atoms with Crippen molar-refractivity contribution in [2.75, 3.05) is 18.2 Å². The van der Waals surface area contributed by atoms with Gasteiger partial charge >= 0.3 is 5.69 Å². The van der Waals surface area contributed by atoms with Gasteiger partial charge in [0.05, 0.1) is 17.8 Å². The number of nitro groups is 1. The highest BCUT2D eigenvalue weighted by Crippen LogP contribution is 2.29. The number of aryl methyl sites for hydroxylation is 1. The van der Waals surface area contributed by atoms with Gasteiger partial charge in [0.25, 0.3) is 0 Å². The van der Waals surface area contributed by atoms with Gasteiger partial charge in [-0.15, -0.1) is 16.9 Å². The van der Waals surface area contributed by atoms with Gasteiger partial charge in [0.1, 0.15) is 11.5 Å². The lowest BCUT2D eigenvalue weighted by Gasteiger charge is -2.09. The molecule has 0 saturated carbocycles. The van der Waals surface area contributed by atoms with Gasteiger partial charge < -0.3 is 10.1 Å². The van der Waals surface area contributed by atoms with Crippen molar-refractivity contribution in [1.82, 2.24) is 20.2 Å². The number of nitro benzene ring substituents is 1. The normalized spacial score (nSPS) is 10.6. The minimum absolute atomic E-state index is 0.108. The molecule has 30 heavy (non-hydrogen) atoms. The molecule has 0 atom stereocenters. The molecule has 0 aliphatic heterocycles. The third kappa shape index (κ3) is 4.89. The van der Waals surface area contributed by atoms with Gasteiger partial charge in [-0.25, -0.2) is 4.39 Å². The zero-order valence-corrected chi connectivity index (χ0v) is 16.9.